The van der Waals surface area contributed by atoms with E-state index in [0.29, 0.717) is 5.92 Å². The first-order chi connectivity index (χ1) is 8.69. The first-order valence-electron chi connectivity index (χ1n) is 6.04. The van der Waals surface area contributed by atoms with E-state index in [4.69, 9.17) is 10.5 Å². The van der Waals surface area contributed by atoms with Crippen LogP contribution in [0.4, 0.5) is 5.95 Å². The number of aliphatic hydroxyl groups excluding tert-OH is 1. The van der Waals surface area contributed by atoms with E-state index in [1.54, 1.807) is 6.20 Å². The largest absolute Gasteiger partial charge is 0.394 e. The van der Waals surface area contributed by atoms with Crippen LogP contribution in [0.1, 0.15) is 19.6 Å². The monoisotopic (exact) mass is 248 g/mol. The van der Waals surface area contributed by atoms with Gasteiger partial charge in [0, 0.05) is 23.7 Å². The van der Waals surface area contributed by atoms with Crippen molar-refractivity contribution in [1.29, 1.82) is 0 Å². The topological polar surface area (TPSA) is 86.2 Å². The molecule has 0 spiro atoms. The minimum atomic E-state index is -0.103. The number of anilines is 1. The lowest BCUT2D eigenvalue weighted by Gasteiger charge is -2.18. The second-order valence-electron chi connectivity index (χ2n) is 4.77. The van der Waals surface area contributed by atoms with Crippen LogP contribution in [0.5, 0.6) is 0 Å². The van der Waals surface area contributed by atoms with Crippen LogP contribution in [0, 0.1) is 5.92 Å². The lowest BCUT2D eigenvalue weighted by molar-refractivity contribution is -0.0291. The van der Waals surface area contributed by atoms with Crippen LogP contribution < -0.4 is 5.73 Å². The second-order valence-corrected chi connectivity index (χ2v) is 4.77. The molecule has 6 nitrogen and oxygen atoms in total. The van der Waals surface area contributed by atoms with Crippen molar-refractivity contribution in [2.24, 2.45) is 5.92 Å². The zero-order chi connectivity index (χ0) is 12.7. The molecule has 1 aliphatic rings. The molecule has 0 aromatic carbocycles. The van der Waals surface area contributed by atoms with Gasteiger partial charge in [-0.15, -0.1) is 0 Å². The molecule has 3 heterocycles. The summed E-state index contributed by atoms with van der Waals surface area (Å²) in [6.07, 6.45) is 4.29. The summed E-state index contributed by atoms with van der Waals surface area (Å²) in [5.74, 6) is 0.584. The Balaban J connectivity index is 2.01. The van der Waals surface area contributed by atoms with Gasteiger partial charge in [0.05, 0.1) is 12.7 Å². The average Bonchev–Trinajstić information content (AvgIpc) is 2.92. The molecule has 2 unspecified atom stereocenters. The molecule has 18 heavy (non-hydrogen) atoms. The standard InChI is InChI=1S/C12H16N4O2/c1-7-4-9(6-17)18-11(7)16-3-2-8-5-14-12(13)15-10(8)16/h2-3,5,7,9,11,17H,4,6H2,1H3,(H2,13,14,15)/t7?,9?,11-/m1/s1. The molecule has 3 atom stereocenters. The first-order valence-corrected chi connectivity index (χ1v) is 6.04. The van der Waals surface area contributed by atoms with Gasteiger partial charge in [-0.1, -0.05) is 6.92 Å². The van der Waals surface area contributed by atoms with Gasteiger partial charge in [-0.05, 0) is 12.5 Å². The smallest absolute Gasteiger partial charge is 0.221 e. The fraction of sp³-hybridized carbons (Fsp3) is 0.500. The molecule has 0 amide bonds. The third-order valence-corrected chi connectivity index (χ3v) is 3.40. The number of aromatic nitrogens is 3. The molecule has 1 aliphatic heterocycles. The zero-order valence-corrected chi connectivity index (χ0v) is 10.2. The molecule has 6 heteroatoms. The van der Waals surface area contributed by atoms with Crippen molar-refractivity contribution in [2.75, 3.05) is 12.3 Å². The van der Waals surface area contributed by atoms with E-state index in [1.165, 1.54) is 0 Å². The number of aliphatic hydroxyl groups is 1. The molecule has 96 valence electrons. The van der Waals surface area contributed by atoms with Crippen LogP contribution in [0.15, 0.2) is 18.5 Å². The van der Waals surface area contributed by atoms with Crippen LogP contribution in [0.3, 0.4) is 0 Å². The van der Waals surface area contributed by atoms with Gasteiger partial charge in [-0.3, -0.25) is 0 Å². The van der Waals surface area contributed by atoms with Gasteiger partial charge in [-0.25, -0.2) is 4.98 Å². The van der Waals surface area contributed by atoms with E-state index in [2.05, 4.69) is 16.9 Å². The van der Waals surface area contributed by atoms with Gasteiger partial charge < -0.3 is 20.1 Å². The summed E-state index contributed by atoms with van der Waals surface area (Å²) >= 11 is 0. The van der Waals surface area contributed by atoms with Crippen molar-refractivity contribution in [2.45, 2.75) is 25.7 Å². The SMILES string of the molecule is CC1CC(CO)O[C@H]1n1ccc2cnc(N)nc21. The molecule has 0 aliphatic carbocycles. The summed E-state index contributed by atoms with van der Waals surface area (Å²) in [4.78, 5) is 8.22. The Labute approximate surface area is 104 Å². The van der Waals surface area contributed by atoms with E-state index in [9.17, 15) is 5.11 Å². The number of ether oxygens (including phenoxy) is 1. The van der Waals surface area contributed by atoms with Crippen molar-refractivity contribution in [3.63, 3.8) is 0 Å². The molecular formula is C12H16N4O2. The van der Waals surface area contributed by atoms with Crippen molar-refractivity contribution in [3.8, 4) is 0 Å². The maximum atomic E-state index is 9.18. The van der Waals surface area contributed by atoms with E-state index < -0.39 is 0 Å². The van der Waals surface area contributed by atoms with Crippen LogP contribution in [-0.4, -0.2) is 32.4 Å². The Hall–Kier alpha value is -1.66. The van der Waals surface area contributed by atoms with E-state index >= 15 is 0 Å². The van der Waals surface area contributed by atoms with Crippen LogP contribution >= 0.6 is 0 Å². The lowest BCUT2D eigenvalue weighted by atomic mass is 10.1. The van der Waals surface area contributed by atoms with Gasteiger partial charge in [0.2, 0.25) is 5.95 Å². The number of rotatable bonds is 2. The Morgan fingerprint density at radius 1 is 1.61 bits per heavy atom. The normalized spacial score (nSPS) is 28.0. The molecule has 3 rings (SSSR count). The molecule has 1 fully saturated rings. The Morgan fingerprint density at radius 2 is 2.44 bits per heavy atom. The maximum absolute atomic E-state index is 9.18. The number of nitrogens with zero attached hydrogens (tertiary/aromatic N) is 3. The fourth-order valence-corrected chi connectivity index (χ4v) is 2.53. The molecule has 3 N–H and O–H groups in total. The van der Waals surface area contributed by atoms with Gasteiger partial charge in [0.25, 0.3) is 0 Å². The predicted octanol–water partition coefficient (Wildman–Crippen LogP) is 0.929. The van der Waals surface area contributed by atoms with Gasteiger partial charge in [0.1, 0.15) is 11.9 Å². The summed E-state index contributed by atoms with van der Waals surface area (Å²) < 4.78 is 7.79. The Kier molecular flexibility index (Phi) is 2.68. The van der Waals surface area contributed by atoms with Gasteiger partial charge in [-0.2, -0.15) is 4.98 Å². The summed E-state index contributed by atoms with van der Waals surface area (Å²) in [5.41, 5.74) is 6.40. The maximum Gasteiger partial charge on any atom is 0.221 e. The second kappa shape index (κ2) is 4.22. The quantitative estimate of drug-likeness (QED) is 0.825. The lowest BCUT2D eigenvalue weighted by Crippen LogP contribution is -2.15. The average molecular weight is 248 g/mol. The number of nitrogens with two attached hydrogens (primary N) is 1. The highest BCUT2D eigenvalue weighted by Crippen LogP contribution is 2.35. The highest BCUT2D eigenvalue weighted by Gasteiger charge is 2.33. The van der Waals surface area contributed by atoms with Crippen LogP contribution in [-0.2, 0) is 4.74 Å². The fourth-order valence-electron chi connectivity index (χ4n) is 2.53. The predicted molar refractivity (Wildman–Crippen MR) is 66.7 cm³/mol. The first kappa shape index (κ1) is 11.4. The van der Waals surface area contributed by atoms with Crippen molar-refractivity contribution in [3.05, 3.63) is 18.5 Å². The zero-order valence-electron chi connectivity index (χ0n) is 10.2. The van der Waals surface area contributed by atoms with Crippen LogP contribution in [0.25, 0.3) is 11.0 Å². The third-order valence-electron chi connectivity index (χ3n) is 3.40. The van der Waals surface area contributed by atoms with Crippen molar-refractivity contribution < 1.29 is 9.84 Å². The summed E-state index contributed by atoms with van der Waals surface area (Å²) in [6.45, 7) is 2.16. The van der Waals surface area contributed by atoms with E-state index in [1.807, 2.05) is 16.8 Å². The van der Waals surface area contributed by atoms with Gasteiger partial charge >= 0.3 is 0 Å². The van der Waals surface area contributed by atoms with Crippen molar-refractivity contribution in [1.82, 2.24) is 14.5 Å². The molecule has 2 aromatic rings. The number of nitrogen functional groups attached to an aromatic ring is 1. The number of fused-ring (bicyclic) bond motifs is 1. The van der Waals surface area contributed by atoms with Crippen molar-refractivity contribution >= 4 is 17.0 Å². The minimum absolute atomic E-state index is 0.0527. The Bertz CT molecular complexity index is 568. The molecule has 2 aromatic heterocycles. The molecule has 0 radical (unpaired) electrons. The highest BCUT2D eigenvalue weighted by molar-refractivity contribution is 5.76. The molecule has 0 saturated carbocycles. The summed E-state index contributed by atoms with van der Waals surface area (Å²) in [5, 5.41) is 10.1. The third kappa shape index (κ3) is 1.74. The Morgan fingerprint density at radius 3 is 3.17 bits per heavy atom. The molecule has 1 saturated heterocycles. The molecular weight excluding hydrogens is 232 g/mol. The number of hydrogen-bond acceptors (Lipinski definition) is 5. The molecule has 0 bridgehead atoms. The summed E-state index contributed by atoms with van der Waals surface area (Å²) in [7, 11) is 0. The highest BCUT2D eigenvalue weighted by atomic mass is 16.5. The van der Waals surface area contributed by atoms with Crippen LogP contribution in [0.2, 0.25) is 0 Å². The number of hydrogen-bond donors (Lipinski definition) is 2. The van der Waals surface area contributed by atoms with E-state index in [-0.39, 0.29) is 24.9 Å². The minimum Gasteiger partial charge on any atom is -0.394 e. The van der Waals surface area contributed by atoms with E-state index in [0.717, 1.165) is 17.5 Å². The van der Waals surface area contributed by atoms with Gasteiger partial charge in [0.15, 0.2) is 0 Å². The summed E-state index contributed by atoms with van der Waals surface area (Å²) in [6, 6.07) is 1.94.